The van der Waals surface area contributed by atoms with Gasteiger partial charge in [0.25, 0.3) is 0 Å². The molecule has 118 valence electrons. The van der Waals surface area contributed by atoms with Crippen LogP contribution in [0.1, 0.15) is 24.5 Å². The summed E-state index contributed by atoms with van der Waals surface area (Å²) >= 11 is 0. The van der Waals surface area contributed by atoms with E-state index >= 15 is 0 Å². The van der Waals surface area contributed by atoms with Crippen molar-refractivity contribution >= 4 is 0 Å². The number of hydrogen-bond acceptors (Lipinski definition) is 5. The van der Waals surface area contributed by atoms with Crippen LogP contribution in [-0.4, -0.2) is 50.0 Å². The molecule has 9 heteroatoms. The molecule has 2 heterocycles. The fourth-order valence-corrected chi connectivity index (χ4v) is 2.95. The van der Waals surface area contributed by atoms with Crippen molar-refractivity contribution < 1.29 is 18.3 Å². The highest BCUT2D eigenvalue weighted by Crippen LogP contribution is 2.35. The lowest BCUT2D eigenvalue weighted by atomic mass is 10.0. The van der Waals surface area contributed by atoms with E-state index in [-0.39, 0.29) is 37.6 Å². The molecule has 1 saturated carbocycles. The summed E-state index contributed by atoms with van der Waals surface area (Å²) in [4.78, 5) is 1.91. The molecule has 0 saturated heterocycles. The predicted molar refractivity (Wildman–Crippen MR) is 67.0 cm³/mol. The molecule has 2 atom stereocenters. The second-order valence-corrected chi connectivity index (χ2v) is 5.72. The SMILES string of the molecule is NC(C1CC1)C(CO)N1CCn2c(nnc2C(F)(F)F)C1. The zero-order valence-corrected chi connectivity index (χ0v) is 11.4. The van der Waals surface area contributed by atoms with Crippen molar-refractivity contribution in [3.05, 3.63) is 11.6 Å². The number of nitrogens with two attached hydrogens (primary N) is 1. The minimum atomic E-state index is -4.49. The van der Waals surface area contributed by atoms with E-state index < -0.39 is 12.0 Å². The number of aliphatic hydroxyl groups is 1. The standard InChI is InChI=1S/C12H18F3N5O/c13-12(14,15)11-18-17-9-5-19(3-4-20(9)11)8(6-21)10(16)7-1-2-7/h7-8,10,21H,1-6,16H2. The summed E-state index contributed by atoms with van der Waals surface area (Å²) in [5.41, 5.74) is 6.13. The van der Waals surface area contributed by atoms with E-state index in [0.29, 0.717) is 12.5 Å². The molecule has 2 unspecified atom stereocenters. The van der Waals surface area contributed by atoms with Gasteiger partial charge >= 0.3 is 6.18 Å². The Hall–Kier alpha value is -1.19. The van der Waals surface area contributed by atoms with E-state index in [1.165, 1.54) is 0 Å². The average Bonchev–Trinajstić information content (AvgIpc) is 3.17. The molecule has 3 rings (SSSR count). The summed E-state index contributed by atoms with van der Waals surface area (Å²) in [6.07, 6.45) is -2.38. The van der Waals surface area contributed by atoms with Crippen molar-refractivity contribution in [1.82, 2.24) is 19.7 Å². The minimum absolute atomic E-state index is 0.0993. The monoisotopic (exact) mass is 305 g/mol. The normalized spacial score (nSPS) is 22.9. The Morgan fingerprint density at radius 2 is 2.00 bits per heavy atom. The fourth-order valence-electron chi connectivity index (χ4n) is 2.95. The number of nitrogens with zero attached hydrogens (tertiary/aromatic N) is 4. The van der Waals surface area contributed by atoms with Crippen molar-refractivity contribution in [2.45, 2.75) is 44.2 Å². The summed E-state index contributed by atoms with van der Waals surface area (Å²) in [6, 6.07) is -0.385. The van der Waals surface area contributed by atoms with Crippen LogP contribution in [0.5, 0.6) is 0 Å². The van der Waals surface area contributed by atoms with Gasteiger partial charge in [0.1, 0.15) is 5.82 Å². The third-order valence-electron chi connectivity index (χ3n) is 4.30. The van der Waals surface area contributed by atoms with Gasteiger partial charge in [-0.15, -0.1) is 10.2 Å². The van der Waals surface area contributed by atoms with Crippen LogP contribution in [0.4, 0.5) is 13.2 Å². The van der Waals surface area contributed by atoms with Gasteiger partial charge in [0.2, 0.25) is 5.82 Å². The molecule has 21 heavy (non-hydrogen) atoms. The van der Waals surface area contributed by atoms with Crippen LogP contribution in [0.15, 0.2) is 0 Å². The average molecular weight is 305 g/mol. The smallest absolute Gasteiger partial charge is 0.395 e. The lowest BCUT2D eigenvalue weighted by molar-refractivity contribution is -0.148. The first-order chi connectivity index (χ1) is 9.91. The third-order valence-corrected chi connectivity index (χ3v) is 4.30. The molecule has 3 N–H and O–H groups in total. The number of aliphatic hydroxyl groups excluding tert-OH is 1. The lowest BCUT2D eigenvalue weighted by Crippen LogP contribution is -2.53. The summed E-state index contributed by atoms with van der Waals surface area (Å²) in [7, 11) is 0. The number of fused-ring (bicyclic) bond motifs is 1. The van der Waals surface area contributed by atoms with Crippen LogP contribution in [-0.2, 0) is 19.3 Å². The van der Waals surface area contributed by atoms with Gasteiger partial charge in [-0.25, -0.2) is 0 Å². The van der Waals surface area contributed by atoms with Crippen molar-refractivity contribution in [2.24, 2.45) is 11.7 Å². The first-order valence-corrected chi connectivity index (χ1v) is 7.01. The number of rotatable bonds is 4. The number of halogens is 3. The Morgan fingerprint density at radius 3 is 2.57 bits per heavy atom. The first-order valence-electron chi connectivity index (χ1n) is 7.01. The zero-order chi connectivity index (χ0) is 15.2. The van der Waals surface area contributed by atoms with E-state index in [0.717, 1.165) is 17.4 Å². The second kappa shape index (κ2) is 5.22. The molecule has 6 nitrogen and oxygen atoms in total. The number of alkyl halides is 3. The lowest BCUT2D eigenvalue weighted by Gasteiger charge is -2.37. The molecule has 0 bridgehead atoms. The number of hydrogen-bond donors (Lipinski definition) is 2. The summed E-state index contributed by atoms with van der Waals surface area (Å²) in [6.45, 7) is 0.692. The summed E-state index contributed by atoms with van der Waals surface area (Å²) in [5.74, 6) is -0.271. The Labute approximate surface area is 119 Å². The van der Waals surface area contributed by atoms with Gasteiger partial charge in [0.05, 0.1) is 13.2 Å². The van der Waals surface area contributed by atoms with Crippen LogP contribution < -0.4 is 5.73 Å². The summed E-state index contributed by atoms with van der Waals surface area (Å²) in [5, 5.41) is 16.5. The van der Waals surface area contributed by atoms with Gasteiger partial charge < -0.3 is 15.4 Å². The molecule has 0 amide bonds. The van der Waals surface area contributed by atoms with E-state index in [1.54, 1.807) is 0 Å². The van der Waals surface area contributed by atoms with Gasteiger partial charge in [0, 0.05) is 25.2 Å². The maximum absolute atomic E-state index is 12.8. The van der Waals surface area contributed by atoms with Crippen LogP contribution in [0.2, 0.25) is 0 Å². The highest BCUT2D eigenvalue weighted by molar-refractivity contribution is 5.04. The van der Waals surface area contributed by atoms with Crippen LogP contribution in [0.3, 0.4) is 0 Å². The second-order valence-electron chi connectivity index (χ2n) is 5.72. The van der Waals surface area contributed by atoms with Crippen LogP contribution in [0.25, 0.3) is 0 Å². The van der Waals surface area contributed by atoms with E-state index in [9.17, 15) is 18.3 Å². The van der Waals surface area contributed by atoms with Gasteiger partial charge in [-0.2, -0.15) is 13.2 Å². The van der Waals surface area contributed by atoms with Gasteiger partial charge in [0.15, 0.2) is 0 Å². The molecule has 0 radical (unpaired) electrons. The van der Waals surface area contributed by atoms with E-state index in [1.807, 2.05) is 4.90 Å². The maximum atomic E-state index is 12.8. The molecule has 1 fully saturated rings. The molecule has 0 spiro atoms. The molecule has 0 aromatic carbocycles. The molecule has 1 aliphatic heterocycles. The van der Waals surface area contributed by atoms with Crippen molar-refractivity contribution in [2.75, 3.05) is 13.2 Å². The Kier molecular flexibility index (Phi) is 3.66. The largest absolute Gasteiger partial charge is 0.451 e. The van der Waals surface area contributed by atoms with Crippen molar-refractivity contribution in [3.8, 4) is 0 Å². The molecule has 2 aliphatic rings. The Bertz CT molecular complexity index is 513. The Morgan fingerprint density at radius 1 is 1.29 bits per heavy atom. The molecular formula is C12H18F3N5O. The molecule has 1 aliphatic carbocycles. The first kappa shape index (κ1) is 14.7. The quantitative estimate of drug-likeness (QED) is 0.831. The van der Waals surface area contributed by atoms with Crippen LogP contribution in [0, 0.1) is 5.92 Å². The van der Waals surface area contributed by atoms with Crippen molar-refractivity contribution in [3.63, 3.8) is 0 Å². The maximum Gasteiger partial charge on any atom is 0.451 e. The Balaban J connectivity index is 1.76. The van der Waals surface area contributed by atoms with Crippen LogP contribution >= 0.6 is 0 Å². The van der Waals surface area contributed by atoms with E-state index in [4.69, 9.17) is 5.73 Å². The van der Waals surface area contributed by atoms with Crippen molar-refractivity contribution in [1.29, 1.82) is 0 Å². The van der Waals surface area contributed by atoms with Gasteiger partial charge in [-0.3, -0.25) is 4.90 Å². The topological polar surface area (TPSA) is 80.2 Å². The zero-order valence-electron chi connectivity index (χ0n) is 11.4. The third kappa shape index (κ3) is 2.77. The predicted octanol–water partition coefficient (Wildman–Crippen LogP) is 0.211. The molecule has 1 aromatic heterocycles. The minimum Gasteiger partial charge on any atom is -0.395 e. The van der Waals surface area contributed by atoms with E-state index in [2.05, 4.69) is 10.2 Å². The molecule has 1 aromatic rings. The highest BCUT2D eigenvalue weighted by Gasteiger charge is 2.41. The number of aromatic nitrogens is 3. The fraction of sp³-hybridized carbons (Fsp3) is 0.833. The van der Waals surface area contributed by atoms with Gasteiger partial charge in [-0.05, 0) is 18.8 Å². The highest BCUT2D eigenvalue weighted by atomic mass is 19.4. The molecular weight excluding hydrogens is 287 g/mol. The van der Waals surface area contributed by atoms with Gasteiger partial charge in [-0.1, -0.05) is 0 Å². The summed E-state index contributed by atoms with van der Waals surface area (Å²) < 4.78 is 39.4.